The van der Waals surface area contributed by atoms with Gasteiger partial charge in [0.15, 0.2) is 5.69 Å². The van der Waals surface area contributed by atoms with Gasteiger partial charge in [0.1, 0.15) is 0 Å². The molecule has 5 nitrogen and oxygen atoms in total. The number of likely N-dealkylation sites (tertiary alicyclic amines) is 1. The van der Waals surface area contributed by atoms with E-state index in [9.17, 15) is 18.0 Å². The maximum atomic E-state index is 12.6. The Kier molecular flexibility index (Phi) is 6.30. The van der Waals surface area contributed by atoms with E-state index in [-0.39, 0.29) is 24.4 Å². The van der Waals surface area contributed by atoms with Crippen LogP contribution in [0.25, 0.3) is 0 Å². The third kappa shape index (κ3) is 4.37. The van der Waals surface area contributed by atoms with Crippen LogP contribution in [0.15, 0.2) is 36.5 Å². The van der Waals surface area contributed by atoms with Gasteiger partial charge in [-0.2, -0.15) is 18.3 Å². The van der Waals surface area contributed by atoms with Crippen molar-refractivity contribution in [3.05, 3.63) is 53.3 Å². The van der Waals surface area contributed by atoms with Gasteiger partial charge in [-0.15, -0.1) is 12.4 Å². The molecular formula is C17H20ClF3N4O. The van der Waals surface area contributed by atoms with E-state index in [1.165, 1.54) is 10.9 Å². The van der Waals surface area contributed by atoms with E-state index in [2.05, 4.69) is 5.10 Å². The monoisotopic (exact) mass is 388 g/mol. The molecule has 1 aliphatic rings. The molecule has 1 aromatic carbocycles. The Morgan fingerprint density at radius 1 is 1.15 bits per heavy atom. The molecule has 3 rings (SSSR count). The molecule has 1 aromatic heterocycles. The van der Waals surface area contributed by atoms with Gasteiger partial charge in [0.2, 0.25) is 0 Å². The summed E-state index contributed by atoms with van der Waals surface area (Å²) in [5.74, 6) is -0.0709. The van der Waals surface area contributed by atoms with E-state index in [1.54, 1.807) is 17.0 Å². The lowest BCUT2D eigenvalue weighted by atomic mass is 10.0. The van der Waals surface area contributed by atoms with Crippen LogP contribution in [0.2, 0.25) is 0 Å². The zero-order valence-electron chi connectivity index (χ0n) is 13.9. The molecule has 0 saturated carbocycles. The quantitative estimate of drug-likeness (QED) is 0.877. The highest BCUT2D eigenvalue weighted by atomic mass is 35.5. The fourth-order valence-corrected chi connectivity index (χ4v) is 2.99. The Morgan fingerprint density at radius 3 is 2.27 bits per heavy atom. The molecule has 9 heteroatoms. The number of alkyl halides is 3. The summed E-state index contributed by atoms with van der Waals surface area (Å²) in [5, 5.41) is 3.63. The molecule has 1 aliphatic heterocycles. The number of aromatic nitrogens is 2. The average Bonchev–Trinajstić information content (AvgIpc) is 3.12. The number of carbonyl (C=O) groups excluding carboxylic acids is 1. The first-order valence-corrected chi connectivity index (χ1v) is 8.09. The van der Waals surface area contributed by atoms with Gasteiger partial charge in [-0.05, 0) is 36.6 Å². The summed E-state index contributed by atoms with van der Waals surface area (Å²) in [6.45, 7) is 1.40. The second-order valence-corrected chi connectivity index (χ2v) is 6.10. The number of nitrogens with two attached hydrogens (primary N) is 1. The van der Waals surface area contributed by atoms with E-state index < -0.39 is 11.9 Å². The van der Waals surface area contributed by atoms with Crippen molar-refractivity contribution in [2.75, 3.05) is 13.1 Å². The third-order valence-electron chi connectivity index (χ3n) is 4.46. The van der Waals surface area contributed by atoms with Crippen LogP contribution < -0.4 is 5.73 Å². The van der Waals surface area contributed by atoms with Gasteiger partial charge >= 0.3 is 6.18 Å². The van der Waals surface area contributed by atoms with Crippen molar-refractivity contribution in [2.45, 2.75) is 31.6 Å². The van der Waals surface area contributed by atoms with E-state index in [1.807, 2.05) is 12.1 Å². The summed E-state index contributed by atoms with van der Waals surface area (Å²) in [6.07, 6.45) is -1.93. The maximum Gasteiger partial charge on any atom is 0.435 e. The lowest BCUT2D eigenvalue weighted by Crippen LogP contribution is -2.39. The smallest absolute Gasteiger partial charge is 0.338 e. The van der Waals surface area contributed by atoms with Crippen molar-refractivity contribution in [1.82, 2.24) is 14.7 Å². The molecule has 0 spiro atoms. The van der Waals surface area contributed by atoms with Crippen molar-refractivity contribution in [3.63, 3.8) is 0 Å². The third-order valence-corrected chi connectivity index (χ3v) is 4.46. The summed E-state index contributed by atoms with van der Waals surface area (Å²) in [7, 11) is 0. The van der Waals surface area contributed by atoms with Gasteiger partial charge in [0, 0.05) is 31.4 Å². The molecular weight excluding hydrogens is 369 g/mol. The number of carbonyl (C=O) groups is 1. The molecule has 0 aliphatic carbocycles. The maximum absolute atomic E-state index is 12.6. The van der Waals surface area contributed by atoms with Crippen LogP contribution in [0, 0.1) is 0 Å². The Bertz CT molecular complexity index is 737. The first-order valence-electron chi connectivity index (χ1n) is 8.09. The Morgan fingerprint density at radius 2 is 1.77 bits per heavy atom. The fraction of sp³-hybridized carbons (Fsp3) is 0.412. The van der Waals surface area contributed by atoms with Crippen LogP contribution in [-0.2, 0) is 12.7 Å². The number of hydrogen-bond donors (Lipinski definition) is 1. The molecule has 1 saturated heterocycles. The van der Waals surface area contributed by atoms with Crippen LogP contribution in [-0.4, -0.2) is 33.7 Å². The van der Waals surface area contributed by atoms with Crippen LogP contribution in [0.1, 0.15) is 40.5 Å². The summed E-state index contributed by atoms with van der Waals surface area (Å²) < 4.78 is 39.3. The lowest BCUT2D eigenvalue weighted by Gasteiger charge is -2.32. The summed E-state index contributed by atoms with van der Waals surface area (Å²) in [6, 6.07) is 8.00. The predicted octanol–water partition coefficient (Wildman–Crippen LogP) is 3.26. The van der Waals surface area contributed by atoms with Crippen LogP contribution in [0.3, 0.4) is 0 Å². The number of halogens is 4. The molecule has 0 atom stereocenters. The van der Waals surface area contributed by atoms with Crippen LogP contribution in [0.4, 0.5) is 13.2 Å². The zero-order valence-corrected chi connectivity index (χ0v) is 14.8. The average molecular weight is 389 g/mol. The van der Waals surface area contributed by atoms with Crippen LogP contribution >= 0.6 is 12.4 Å². The molecule has 0 unspecified atom stereocenters. The first kappa shape index (κ1) is 20.3. The van der Waals surface area contributed by atoms with Gasteiger partial charge in [0.25, 0.3) is 5.91 Å². The number of piperidine rings is 1. The van der Waals surface area contributed by atoms with Gasteiger partial charge < -0.3 is 10.6 Å². The number of benzene rings is 1. The number of nitrogens with zero attached hydrogens (tertiary/aromatic N) is 3. The number of amides is 1. The molecule has 26 heavy (non-hydrogen) atoms. The summed E-state index contributed by atoms with van der Waals surface area (Å²) in [5.41, 5.74) is 6.21. The van der Waals surface area contributed by atoms with Crippen molar-refractivity contribution in [1.29, 1.82) is 0 Å². The molecule has 2 N–H and O–H groups in total. The first-order chi connectivity index (χ1) is 11.9. The largest absolute Gasteiger partial charge is 0.435 e. The minimum Gasteiger partial charge on any atom is -0.338 e. The van der Waals surface area contributed by atoms with Crippen molar-refractivity contribution < 1.29 is 18.0 Å². The highest BCUT2D eigenvalue weighted by Gasteiger charge is 2.34. The van der Waals surface area contributed by atoms with Gasteiger partial charge in [-0.3, -0.25) is 9.48 Å². The zero-order chi connectivity index (χ0) is 18.0. The SMILES string of the molecule is Cl.NCc1ccc(C(=O)N2CCC(n3ccc(C(F)(F)F)n3)CC2)cc1. The summed E-state index contributed by atoms with van der Waals surface area (Å²) >= 11 is 0. The van der Waals surface area contributed by atoms with Gasteiger partial charge in [-0.1, -0.05) is 12.1 Å². The molecule has 2 heterocycles. The topological polar surface area (TPSA) is 64.2 Å². The Labute approximate surface area is 155 Å². The van der Waals surface area contributed by atoms with Gasteiger partial charge in [0.05, 0.1) is 6.04 Å². The molecule has 1 fully saturated rings. The normalized spacial score (nSPS) is 15.6. The number of rotatable bonds is 3. The lowest BCUT2D eigenvalue weighted by molar-refractivity contribution is -0.141. The highest BCUT2D eigenvalue weighted by Crippen LogP contribution is 2.29. The van der Waals surface area contributed by atoms with E-state index in [4.69, 9.17) is 5.73 Å². The summed E-state index contributed by atoms with van der Waals surface area (Å²) in [4.78, 5) is 14.2. The minimum atomic E-state index is -4.43. The second kappa shape index (κ2) is 8.09. The van der Waals surface area contributed by atoms with Crippen LogP contribution in [0.5, 0.6) is 0 Å². The predicted molar refractivity (Wildman–Crippen MR) is 93.0 cm³/mol. The van der Waals surface area contributed by atoms with E-state index in [0.717, 1.165) is 11.6 Å². The molecule has 0 radical (unpaired) electrons. The Balaban J connectivity index is 0.00000243. The second-order valence-electron chi connectivity index (χ2n) is 6.10. The van der Waals surface area contributed by atoms with Gasteiger partial charge in [-0.25, -0.2) is 0 Å². The van der Waals surface area contributed by atoms with Crippen molar-refractivity contribution in [2.24, 2.45) is 5.73 Å². The minimum absolute atomic E-state index is 0. The van der Waals surface area contributed by atoms with E-state index >= 15 is 0 Å². The molecule has 2 aromatic rings. The van der Waals surface area contributed by atoms with E-state index in [0.29, 0.717) is 38.0 Å². The van der Waals surface area contributed by atoms with Crippen molar-refractivity contribution >= 4 is 18.3 Å². The molecule has 142 valence electrons. The molecule has 0 bridgehead atoms. The Hall–Kier alpha value is -2.06. The molecule has 1 amide bonds. The number of hydrogen-bond acceptors (Lipinski definition) is 3. The highest BCUT2D eigenvalue weighted by molar-refractivity contribution is 5.94. The van der Waals surface area contributed by atoms with Crippen molar-refractivity contribution in [3.8, 4) is 0 Å². The fourth-order valence-electron chi connectivity index (χ4n) is 2.99. The standard InChI is InChI=1S/C17H19F3N4O.ClH/c18-17(19,20)15-7-10-24(22-15)14-5-8-23(9-6-14)16(25)13-3-1-12(11-21)2-4-13;/h1-4,7,10,14H,5-6,8-9,11,21H2;1H.